The van der Waals surface area contributed by atoms with Gasteiger partial charge in [0, 0.05) is 6.20 Å². The van der Waals surface area contributed by atoms with Crippen LogP contribution in [0.3, 0.4) is 0 Å². The molecule has 32 heavy (non-hydrogen) atoms. The highest BCUT2D eigenvalue weighted by Gasteiger charge is 2.44. The minimum Gasteiger partial charge on any atom is -0.321 e. The average Bonchev–Trinajstić information content (AvgIpc) is 3.37. The van der Waals surface area contributed by atoms with Gasteiger partial charge in [-0.25, -0.2) is 4.68 Å². The minimum atomic E-state index is -0.816. The van der Waals surface area contributed by atoms with E-state index in [9.17, 15) is 0 Å². The fourth-order valence-corrected chi connectivity index (χ4v) is 4.29. The molecule has 2 heterocycles. The molecule has 0 spiro atoms. The van der Waals surface area contributed by atoms with Crippen LogP contribution in [0.25, 0.3) is 11.4 Å². The Bertz CT molecular complexity index is 1230. The van der Waals surface area contributed by atoms with E-state index >= 15 is 0 Å². The maximum absolute atomic E-state index is 7.11. The molecule has 0 aliphatic carbocycles. The third kappa shape index (κ3) is 3.39. The van der Waals surface area contributed by atoms with Crippen molar-refractivity contribution in [2.45, 2.75) is 11.6 Å². The molecule has 3 aromatic carbocycles. The van der Waals surface area contributed by atoms with E-state index in [1.165, 1.54) is 0 Å². The van der Waals surface area contributed by atoms with Crippen LogP contribution in [0.1, 0.15) is 22.7 Å². The zero-order valence-electron chi connectivity index (χ0n) is 17.5. The molecule has 0 saturated heterocycles. The lowest BCUT2D eigenvalue weighted by Gasteiger charge is -2.40. The Balaban J connectivity index is 1.80. The number of nitrogens with two attached hydrogens (primary N) is 1. The van der Waals surface area contributed by atoms with Gasteiger partial charge in [-0.3, -0.25) is 4.98 Å². The third-order valence-corrected chi connectivity index (χ3v) is 5.82. The number of aromatic nitrogens is 4. The number of nitrogens with zero attached hydrogens (tertiary/aromatic N) is 4. The molecule has 0 bridgehead atoms. The Morgan fingerprint density at radius 2 is 1.22 bits per heavy atom. The molecule has 2 aromatic heterocycles. The van der Waals surface area contributed by atoms with Crippen molar-refractivity contribution in [2.75, 3.05) is 0 Å². The van der Waals surface area contributed by atoms with Gasteiger partial charge in [0.2, 0.25) is 0 Å². The van der Waals surface area contributed by atoms with Gasteiger partial charge in [0.15, 0.2) is 0 Å². The Kier molecular flexibility index (Phi) is 5.32. The Morgan fingerprint density at radius 3 is 1.78 bits per heavy atom. The van der Waals surface area contributed by atoms with E-state index in [1.54, 1.807) is 6.20 Å². The molecule has 2 N–H and O–H groups in total. The highest BCUT2D eigenvalue weighted by Crippen LogP contribution is 2.43. The zero-order chi connectivity index (χ0) is 21.8. The minimum absolute atomic E-state index is 0.424. The van der Waals surface area contributed by atoms with Crippen molar-refractivity contribution < 1.29 is 0 Å². The summed E-state index contributed by atoms with van der Waals surface area (Å²) in [5.41, 5.74) is 10.8. The SMILES string of the molecule is N[C@@H](c1ccccc1)C(c1ccccc1)(c1ccccc1)n1cc(-c2ccccn2)nn1. The van der Waals surface area contributed by atoms with E-state index in [2.05, 4.69) is 51.7 Å². The molecule has 0 amide bonds. The maximum Gasteiger partial charge on any atom is 0.133 e. The molecule has 0 aliphatic rings. The average molecular weight is 418 g/mol. The predicted octanol–water partition coefficient (Wildman–Crippen LogP) is 4.83. The smallest absolute Gasteiger partial charge is 0.133 e. The van der Waals surface area contributed by atoms with Gasteiger partial charge < -0.3 is 5.73 Å². The van der Waals surface area contributed by atoms with Crippen molar-refractivity contribution in [1.29, 1.82) is 0 Å². The lowest BCUT2D eigenvalue weighted by Crippen LogP contribution is -2.46. The second-order valence-electron chi connectivity index (χ2n) is 7.65. The van der Waals surface area contributed by atoms with Crippen LogP contribution in [0, 0.1) is 0 Å². The Hall–Kier alpha value is -4.09. The van der Waals surface area contributed by atoms with Gasteiger partial charge in [0.05, 0.1) is 17.9 Å². The molecule has 0 radical (unpaired) electrons. The summed E-state index contributed by atoms with van der Waals surface area (Å²) in [6, 6.07) is 36.0. The van der Waals surface area contributed by atoms with Gasteiger partial charge in [0.1, 0.15) is 11.2 Å². The van der Waals surface area contributed by atoms with E-state index in [1.807, 2.05) is 83.7 Å². The van der Waals surface area contributed by atoms with Crippen LogP contribution < -0.4 is 5.73 Å². The van der Waals surface area contributed by atoms with Crippen molar-refractivity contribution in [3.05, 3.63) is 138 Å². The first-order valence-corrected chi connectivity index (χ1v) is 10.6. The predicted molar refractivity (Wildman–Crippen MR) is 126 cm³/mol. The normalized spacial score (nSPS) is 12.4. The second kappa shape index (κ2) is 8.57. The summed E-state index contributed by atoms with van der Waals surface area (Å²) >= 11 is 0. The maximum atomic E-state index is 7.11. The number of hydrogen-bond donors (Lipinski definition) is 1. The highest BCUT2D eigenvalue weighted by atomic mass is 15.5. The van der Waals surface area contributed by atoms with Crippen molar-refractivity contribution in [1.82, 2.24) is 20.0 Å². The lowest BCUT2D eigenvalue weighted by molar-refractivity contribution is 0.313. The summed E-state index contributed by atoms with van der Waals surface area (Å²) in [5, 5.41) is 9.09. The Morgan fingerprint density at radius 1 is 0.656 bits per heavy atom. The van der Waals surface area contributed by atoms with E-state index in [4.69, 9.17) is 5.73 Å². The number of hydrogen-bond acceptors (Lipinski definition) is 4. The molecule has 5 rings (SSSR count). The van der Waals surface area contributed by atoms with Crippen LogP contribution in [0.2, 0.25) is 0 Å². The van der Waals surface area contributed by atoms with Crippen molar-refractivity contribution >= 4 is 0 Å². The van der Waals surface area contributed by atoms with Crippen LogP contribution in [0.15, 0.2) is 122 Å². The van der Waals surface area contributed by atoms with Gasteiger partial charge in [0.25, 0.3) is 0 Å². The first kappa shape index (κ1) is 19.8. The molecule has 0 fully saturated rings. The van der Waals surface area contributed by atoms with Gasteiger partial charge in [-0.2, -0.15) is 0 Å². The molecule has 156 valence electrons. The third-order valence-electron chi connectivity index (χ3n) is 5.82. The summed E-state index contributed by atoms with van der Waals surface area (Å²) in [6.45, 7) is 0. The summed E-state index contributed by atoms with van der Waals surface area (Å²) in [5.74, 6) is 0. The fourth-order valence-electron chi connectivity index (χ4n) is 4.29. The summed E-state index contributed by atoms with van der Waals surface area (Å²) in [4.78, 5) is 4.45. The van der Waals surface area contributed by atoms with Gasteiger partial charge >= 0.3 is 0 Å². The van der Waals surface area contributed by atoms with Gasteiger partial charge in [-0.1, -0.05) is 102 Å². The standard InChI is InChI=1S/C27H23N5/c28-26(21-12-4-1-5-13-21)27(22-14-6-2-7-15-22,23-16-8-3-9-17-23)32-20-25(30-31-32)24-18-10-11-19-29-24/h1-20,26H,28H2/t26-/m0/s1. The number of benzene rings is 3. The Labute approximate surface area is 187 Å². The molecule has 5 aromatic rings. The molecule has 1 atom stereocenters. The zero-order valence-corrected chi connectivity index (χ0v) is 17.5. The molecular formula is C27H23N5. The topological polar surface area (TPSA) is 69.6 Å². The van der Waals surface area contributed by atoms with Crippen molar-refractivity contribution in [2.24, 2.45) is 5.73 Å². The molecule has 0 saturated carbocycles. The number of rotatable bonds is 6. The van der Waals surface area contributed by atoms with Gasteiger partial charge in [-0.15, -0.1) is 5.10 Å². The molecule has 0 aliphatic heterocycles. The van der Waals surface area contributed by atoms with Crippen molar-refractivity contribution in [3.8, 4) is 11.4 Å². The first-order valence-electron chi connectivity index (χ1n) is 10.6. The fraction of sp³-hybridized carbons (Fsp3) is 0.0741. The van der Waals surface area contributed by atoms with Crippen molar-refractivity contribution in [3.63, 3.8) is 0 Å². The summed E-state index contributed by atoms with van der Waals surface area (Å²) in [6.07, 6.45) is 3.69. The monoisotopic (exact) mass is 417 g/mol. The molecule has 5 nitrogen and oxygen atoms in total. The van der Waals surface area contributed by atoms with E-state index in [-0.39, 0.29) is 0 Å². The molecule has 0 unspecified atom stereocenters. The second-order valence-corrected chi connectivity index (χ2v) is 7.65. The van der Waals surface area contributed by atoms with E-state index in [0.29, 0.717) is 5.69 Å². The first-order chi connectivity index (χ1) is 15.8. The highest BCUT2D eigenvalue weighted by molar-refractivity contribution is 5.53. The van der Waals surface area contributed by atoms with E-state index < -0.39 is 11.6 Å². The van der Waals surface area contributed by atoms with Crippen LogP contribution in [-0.2, 0) is 5.54 Å². The largest absolute Gasteiger partial charge is 0.321 e. The quantitative estimate of drug-likeness (QED) is 0.430. The number of pyridine rings is 1. The van der Waals surface area contributed by atoms with E-state index in [0.717, 1.165) is 22.4 Å². The summed E-state index contributed by atoms with van der Waals surface area (Å²) < 4.78 is 1.89. The summed E-state index contributed by atoms with van der Waals surface area (Å²) in [7, 11) is 0. The molecular weight excluding hydrogens is 394 g/mol. The van der Waals surface area contributed by atoms with Crippen LogP contribution in [0.4, 0.5) is 0 Å². The van der Waals surface area contributed by atoms with Gasteiger partial charge in [-0.05, 0) is 28.8 Å². The van der Waals surface area contributed by atoms with Crippen LogP contribution in [0.5, 0.6) is 0 Å². The molecule has 5 heteroatoms. The van der Waals surface area contributed by atoms with Crippen LogP contribution >= 0.6 is 0 Å². The lowest BCUT2D eigenvalue weighted by atomic mass is 9.74. The van der Waals surface area contributed by atoms with Crippen LogP contribution in [-0.4, -0.2) is 20.0 Å².